The van der Waals surface area contributed by atoms with Crippen molar-refractivity contribution >= 4 is 16.7 Å². The van der Waals surface area contributed by atoms with Crippen LogP contribution < -0.4 is 5.73 Å². The van der Waals surface area contributed by atoms with Gasteiger partial charge in [-0.25, -0.2) is 4.98 Å². The van der Waals surface area contributed by atoms with Gasteiger partial charge >= 0.3 is 0 Å². The number of methoxy groups -OCH3 is 2. The summed E-state index contributed by atoms with van der Waals surface area (Å²) in [5.74, 6) is 0.600. The van der Waals surface area contributed by atoms with E-state index in [1.54, 1.807) is 14.2 Å². The molecule has 2 atom stereocenters. The van der Waals surface area contributed by atoms with Crippen LogP contribution in [0.15, 0.2) is 30.3 Å². The van der Waals surface area contributed by atoms with Crippen molar-refractivity contribution in [2.75, 3.05) is 33.0 Å². The van der Waals surface area contributed by atoms with E-state index in [0.29, 0.717) is 5.82 Å². The minimum Gasteiger partial charge on any atom is -0.383 e. The summed E-state index contributed by atoms with van der Waals surface area (Å²) in [5.41, 5.74) is 8.09. The highest BCUT2D eigenvalue weighted by Crippen LogP contribution is 2.23. The van der Waals surface area contributed by atoms with Crippen LogP contribution in [0.3, 0.4) is 0 Å². The van der Waals surface area contributed by atoms with E-state index in [1.165, 1.54) is 0 Å². The number of pyridine rings is 1. The molecule has 5 nitrogen and oxygen atoms in total. The number of benzene rings is 1. The summed E-state index contributed by atoms with van der Waals surface area (Å²) in [6.07, 6.45) is 0.231. The minimum absolute atomic E-state index is 0.115. The Labute approximate surface area is 124 Å². The van der Waals surface area contributed by atoms with Crippen LogP contribution in [0.1, 0.15) is 5.56 Å². The topological polar surface area (TPSA) is 60.6 Å². The fourth-order valence-electron chi connectivity index (χ4n) is 2.94. The van der Waals surface area contributed by atoms with Gasteiger partial charge in [0.05, 0.1) is 17.7 Å². The molecule has 1 fully saturated rings. The Morgan fingerprint density at radius 3 is 2.52 bits per heavy atom. The molecule has 2 N–H and O–H groups in total. The zero-order chi connectivity index (χ0) is 14.8. The van der Waals surface area contributed by atoms with Crippen molar-refractivity contribution in [3.63, 3.8) is 0 Å². The molecule has 3 rings (SSSR count). The molecule has 1 aromatic heterocycles. The maximum Gasteiger partial charge on any atom is 0.128 e. The second kappa shape index (κ2) is 5.97. The molecule has 0 saturated carbocycles. The summed E-state index contributed by atoms with van der Waals surface area (Å²) in [6, 6.07) is 10.2. The lowest BCUT2D eigenvalue weighted by Crippen LogP contribution is -2.27. The van der Waals surface area contributed by atoms with E-state index in [1.807, 2.05) is 18.2 Å². The van der Waals surface area contributed by atoms with Crippen molar-refractivity contribution in [1.29, 1.82) is 0 Å². The Kier molecular flexibility index (Phi) is 4.05. The van der Waals surface area contributed by atoms with E-state index in [4.69, 9.17) is 15.2 Å². The Morgan fingerprint density at radius 1 is 1.19 bits per heavy atom. The van der Waals surface area contributed by atoms with Crippen molar-refractivity contribution < 1.29 is 9.47 Å². The molecule has 1 saturated heterocycles. The fourth-order valence-corrected chi connectivity index (χ4v) is 2.94. The average molecular weight is 287 g/mol. The number of fused-ring (bicyclic) bond motifs is 1. The van der Waals surface area contributed by atoms with Gasteiger partial charge in [-0.05, 0) is 12.1 Å². The summed E-state index contributed by atoms with van der Waals surface area (Å²) in [6.45, 7) is 2.46. The van der Waals surface area contributed by atoms with Gasteiger partial charge in [0, 0.05) is 44.8 Å². The lowest BCUT2D eigenvalue weighted by atomic mass is 10.1. The van der Waals surface area contributed by atoms with Crippen LogP contribution in [0.4, 0.5) is 5.82 Å². The Bertz CT molecular complexity index is 620. The van der Waals surface area contributed by atoms with E-state index in [-0.39, 0.29) is 12.2 Å². The second-order valence-corrected chi connectivity index (χ2v) is 5.47. The average Bonchev–Trinajstić information content (AvgIpc) is 2.90. The van der Waals surface area contributed by atoms with Crippen LogP contribution in [0.2, 0.25) is 0 Å². The van der Waals surface area contributed by atoms with Gasteiger partial charge in [-0.2, -0.15) is 0 Å². The van der Waals surface area contributed by atoms with Crippen LogP contribution in [-0.2, 0) is 16.0 Å². The molecule has 1 aliphatic heterocycles. The molecule has 0 amide bonds. The number of likely N-dealkylation sites (tertiary alicyclic amines) is 1. The SMILES string of the molecule is COC1CN(Cc2cc3ccccc3nc2N)CC1OC. The maximum absolute atomic E-state index is 6.10. The first-order valence-corrected chi connectivity index (χ1v) is 7.13. The van der Waals surface area contributed by atoms with E-state index in [9.17, 15) is 0 Å². The van der Waals surface area contributed by atoms with Gasteiger partial charge in [0.2, 0.25) is 0 Å². The first-order valence-electron chi connectivity index (χ1n) is 7.13. The number of ether oxygens (including phenoxy) is 2. The second-order valence-electron chi connectivity index (χ2n) is 5.47. The van der Waals surface area contributed by atoms with E-state index < -0.39 is 0 Å². The first-order chi connectivity index (χ1) is 10.2. The largest absolute Gasteiger partial charge is 0.383 e. The summed E-state index contributed by atoms with van der Waals surface area (Å²) in [5, 5.41) is 1.12. The molecular formula is C16H21N3O2. The molecule has 0 bridgehead atoms. The minimum atomic E-state index is 0.115. The smallest absolute Gasteiger partial charge is 0.128 e. The Morgan fingerprint density at radius 2 is 1.86 bits per heavy atom. The van der Waals surface area contributed by atoms with Crippen LogP contribution >= 0.6 is 0 Å². The molecule has 1 aliphatic rings. The zero-order valence-corrected chi connectivity index (χ0v) is 12.5. The normalized spacial score (nSPS) is 23.0. The summed E-state index contributed by atoms with van der Waals surface area (Å²) >= 11 is 0. The molecule has 2 heterocycles. The third-order valence-electron chi connectivity index (χ3n) is 4.13. The summed E-state index contributed by atoms with van der Waals surface area (Å²) < 4.78 is 10.9. The maximum atomic E-state index is 6.10. The first kappa shape index (κ1) is 14.3. The van der Waals surface area contributed by atoms with Gasteiger partial charge in [-0.15, -0.1) is 0 Å². The Hall–Kier alpha value is -1.69. The molecule has 1 aromatic carbocycles. The number of nitrogens with zero attached hydrogens (tertiary/aromatic N) is 2. The monoisotopic (exact) mass is 287 g/mol. The number of hydrogen-bond donors (Lipinski definition) is 1. The van der Waals surface area contributed by atoms with Crippen molar-refractivity contribution in [1.82, 2.24) is 9.88 Å². The molecule has 21 heavy (non-hydrogen) atoms. The molecule has 2 aromatic rings. The molecule has 0 aliphatic carbocycles. The predicted octanol–water partition coefficient (Wildman–Crippen LogP) is 1.66. The predicted molar refractivity (Wildman–Crippen MR) is 83.0 cm³/mol. The molecule has 0 radical (unpaired) electrons. The van der Waals surface area contributed by atoms with E-state index in [0.717, 1.165) is 36.1 Å². The quantitative estimate of drug-likeness (QED) is 0.926. The highest BCUT2D eigenvalue weighted by Gasteiger charge is 2.33. The molecule has 0 spiro atoms. The Balaban J connectivity index is 1.80. The van der Waals surface area contributed by atoms with Crippen molar-refractivity contribution in [3.05, 3.63) is 35.9 Å². The fraction of sp³-hybridized carbons (Fsp3) is 0.438. The summed E-state index contributed by atoms with van der Waals surface area (Å²) in [4.78, 5) is 6.78. The lowest BCUT2D eigenvalue weighted by molar-refractivity contribution is -0.00461. The van der Waals surface area contributed by atoms with Gasteiger partial charge in [0.15, 0.2) is 0 Å². The van der Waals surface area contributed by atoms with Gasteiger partial charge in [-0.1, -0.05) is 18.2 Å². The third-order valence-corrected chi connectivity index (χ3v) is 4.13. The van der Waals surface area contributed by atoms with E-state index >= 15 is 0 Å². The number of anilines is 1. The zero-order valence-electron chi connectivity index (χ0n) is 12.5. The van der Waals surface area contributed by atoms with Crippen LogP contribution in [0.25, 0.3) is 10.9 Å². The number of para-hydroxylation sites is 1. The van der Waals surface area contributed by atoms with E-state index in [2.05, 4.69) is 22.0 Å². The molecule has 2 unspecified atom stereocenters. The number of nitrogen functional groups attached to an aromatic ring is 1. The van der Waals surface area contributed by atoms with Crippen LogP contribution in [0.5, 0.6) is 0 Å². The van der Waals surface area contributed by atoms with Gasteiger partial charge in [0.1, 0.15) is 5.82 Å². The van der Waals surface area contributed by atoms with Crippen LogP contribution in [-0.4, -0.2) is 49.4 Å². The van der Waals surface area contributed by atoms with Gasteiger partial charge < -0.3 is 15.2 Å². The van der Waals surface area contributed by atoms with Crippen LogP contribution in [0, 0.1) is 0 Å². The molecule has 5 heteroatoms. The van der Waals surface area contributed by atoms with Crippen molar-refractivity contribution in [2.45, 2.75) is 18.8 Å². The number of nitrogens with two attached hydrogens (primary N) is 1. The third kappa shape index (κ3) is 2.85. The number of rotatable bonds is 4. The van der Waals surface area contributed by atoms with Gasteiger partial charge in [0.25, 0.3) is 0 Å². The summed E-state index contributed by atoms with van der Waals surface area (Å²) in [7, 11) is 3.46. The number of hydrogen-bond acceptors (Lipinski definition) is 5. The highest BCUT2D eigenvalue weighted by atomic mass is 16.5. The standard InChI is InChI=1S/C16H21N3O2/c1-20-14-9-19(10-15(14)21-2)8-12-7-11-5-3-4-6-13(11)18-16(12)17/h3-7,14-15H,8-10H2,1-2H3,(H2,17,18). The van der Waals surface area contributed by atoms with Gasteiger partial charge in [-0.3, -0.25) is 4.90 Å². The molecule has 112 valence electrons. The van der Waals surface area contributed by atoms with Crippen molar-refractivity contribution in [3.8, 4) is 0 Å². The lowest BCUT2D eigenvalue weighted by Gasteiger charge is -2.16. The highest BCUT2D eigenvalue weighted by molar-refractivity contribution is 5.81. The number of aromatic nitrogens is 1. The molecular weight excluding hydrogens is 266 g/mol. The van der Waals surface area contributed by atoms with Crippen molar-refractivity contribution in [2.24, 2.45) is 0 Å².